The lowest BCUT2D eigenvalue weighted by Crippen LogP contribution is -2.37. The number of hydrogen-bond acceptors (Lipinski definition) is 4. The van der Waals surface area contributed by atoms with Crippen molar-refractivity contribution in [2.45, 2.75) is 19.4 Å². The largest absolute Gasteiger partial charge is 0.475 e. The molecule has 2 rings (SSSR count). The summed E-state index contributed by atoms with van der Waals surface area (Å²) in [6, 6.07) is 14.4. The van der Waals surface area contributed by atoms with Crippen LogP contribution in [0.5, 0.6) is 5.88 Å². The van der Waals surface area contributed by atoms with Crippen LogP contribution in [-0.4, -0.2) is 44.9 Å². The van der Waals surface area contributed by atoms with Crippen molar-refractivity contribution in [2.24, 2.45) is 4.99 Å². The second-order valence-electron chi connectivity index (χ2n) is 5.79. The normalized spacial score (nSPS) is 11.2. The van der Waals surface area contributed by atoms with Gasteiger partial charge in [0, 0.05) is 39.5 Å². The van der Waals surface area contributed by atoms with Crippen LogP contribution in [0.3, 0.4) is 0 Å². The fraction of sp³-hybridized carbons (Fsp3) is 0.400. The smallest absolute Gasteiger partial charge is 0.213 e. The predicted octanol–water partition coefficient (Wildman–Crippen LogP) is 2.40. The molecular formula is C20H28N4O2. The summed E-state index contributed by atoms with van der Waals surface area (Å²) >= 11 is 0. The minimum atomic E-state index is 0.501. The Morgan fingerprint density at radius 1 is 1.04 bits per heavy atom. The number of guanidine groups is 1. The lowest BCUT2D eigenvalue weighted by molar-refractivity contribution is 0.143. The van der Waals surface area contributed by atoms with Crippen molar-refractivity contribution in [1.82, 2.24) is 15.6 Å². The Morgan fingerprint density at radius 2 is 1.88 bits per heavy atom. The van der Waals surface area contributed by atoms with Crippen molar-refractivity contribution in [1.29, 1.82) is 0 Å². The fourth-order valence-electron chi connectivity index (χ4n) is 2.38. The maximum atomic E-state index is 5.46. The molecule has 0 spiro atoms. The van der Waals surface area contributed by atoms with Crippen molar-refractivity contribution in [3.05, 3.63) is 59.8 Å². The van der Waals surface area contributed by atoms with Crippen LogP contribution in [-0.2, 0) is 17.7 Å². The van der Waals surface area contributed by atoms with E-state index in [4.69, 9.17) is 9.47 Å². The standard InChI is InChI=1S/C20H28N4O2/c1-21-20(22-12-6-9-17-7-4-3-5-8-17)24-16-18-10-11-19(23-15-18)26-14-13-25-2/h3-5,7-8,10-11,15H,6,9,12-14,16H2,1-2H3,(H2,21,22,24). The van der Waals surface area contributed by atoms with Gasteiger partial charge in [0.2, 0.25) is 5.88 Å². The number of benzene rings is 1. The number of aliphatic imine (C=N–C) groups is 1. The second-order valence-corrected chi connectivity index (χ2v) is 5.79. The summed E-state index contributed by atoms with van der Waals surface area (Å²) < 4.78 is 10.4. The van der Waals surface area contributed by atoms with Crippen LogP contribution in [0.4, 0.5) is 0 Å². The summed E-state index contributed by atoms with van der Waals surface area (Å²) in [5.74, 6) is 1.40. The van der Waals surface area contributed by atoms with Crippen LogP contribution in [0, 0.1) is 0 Å². The molecule has 2 N–H and O–H groups in total. The van der Waals surface area contributed by atoms with Gasteiger partial charge in [-0.3, -0.25) is 4.99 Å². The Balaban J connectivity index is 1.66. The molecule has 0 aliphatic carbocycles. The second kappa shape index (κ2) is 11.9. The van der Waals surface area contributed by atoms with E-state index in [1.807, 2.05) is 18.2 Å². The first-order valence-corrected chi connectivity index (χ1v) is 8.87. The van der Waals surface area contributed by atoms with Gasteiger partial charge < -0.3 is 20.1 Å². The first kappa shape index (κ1) is 19.7. The van der Waals surface area contributed by atoms with Crippen molar-refractivity contribution >= 4 is 5.96 Å². The molecule has 1 aromatic heterocycles. The quantitative estimate of drug-likeness (QED) is 0.389. The number of aromatic nitrogens is 1. The highest BCUT2D eigenvalue weighted by Crippen LogP contribution is 2.07. The number of methoxy groups -OCH3 is 1. The third-order valence-electron chi connectivity index (χ3n) is 3.80. The van der Waals surface area contributed by atoms with Crippen LogP contribution in [0.25, 0.3) is 0 Å². The molecule has 0 amide bonds. The summed E-state index contributed by atoms with van der Waals surface area (Å²) in [4.78, 5) is 8.54. The molecule has 6 heteroatoms. The molecule has 1 aromatic carbocycles. The van der Waals surface area contributed by atoms with Crippen molar-refractivity contribution in [3.63, 3.8) is 0 Å². The van der Waals surface area contributed by atoms with Crippen LogP contribution in [0.15, 0.2) is 53.7 Å². The van der Waals surface area contributed by atoms with Gasteiger partial charge >= 0.3 is 0 Å². The van der Waals surface area contributed by atoms with Gasteiger partial charge in [0.25, 0.3) is 0 Å². The molecule has 0 radical (unpaired) electrons. The van der Waals surface area contributed by atoms with Gasteiger partial charge in [0.1, 0.15) is 6.61 Å². The Labute approximate surface area is 155 Å². The molecule has 1 heterocycles. The van der Waals surface area contributed by atoms with E-state index < -0.39 is 0 Å². The Morgan fingerprint density at radius 3 is 2.58 bits per heavy atom. The van der Waals surface area contributed by atoms with E-state index in [9.17, 15) is 0 Å². The summed E-state index contributed by atoms with van der Waals surface area (Å²) in [5.41, 5.74) is 2.42. The van der Waals surface area contributed by atoms with E-state index in [0.717, 1.165) is 30.9 Å². The summed E-state index contributed by atoms with van der Waals surface area (Å²) in [7, 11) is 3.42. The monoisotopic (exact) mass is 356 g/mol. The molecule has 0 saturated carbocycles. The Kier molecular flexibility index (Phi) is 9.00. The SMILES string of the molecule is CN=C(NCCCc1ccccc1)NCc1ccc(OCCOC)nc1. The number of ether oxygens (including phenoxy) is 2. The van der Waals surface area contributed by atoms with Gasteiger partial charge in [-0.05, 0) is 24.0 Å². The van der Waals surface area contributed by atoms with Crippen molar-refractivity contribution < 1.29 is 9.47 Å². The third kappa shape index (κ3) is 7.53. The van der Waals surface area contributed by atoms with Gasteiger partial charge in [-0.2, -0.15) is 0 Å². The van der Waals surface area contributed by atoms with Crippen LogP contribution < -0.4 is 15.4 Å². The van der Waals surface area contributed by atoms with E-state index in [1.54, 1.807) is 20.4 Å². The van der Waals surface area contributed by atoms with E-state index in [-0.39, 0.29) is 0 Å². The first-order chi connectivity index (χ1) is 12.8. The molecule has 0 bridgehead atoms. The number of pyridine rings is 1. The highest BCUT2D eigenvalue weighted by molar-refractivity contribution is 5.79. The van der Waals surface area contributed by atoms with Gasteiger partial charge in [-0.1, -0.05) is 36.4 Å². The number of rotatable bonds is 10. The molecule has 2 aromatic rings. The highest BCUT2D eigenvalue weighted by Gasteiger charge is 2.00. The molecule has 140 valence electrons. The molecule has 0 aliphatic rings. The zero-order valence-corrected chi connectivity index (χ0v) is 15.6. The molecule has 0 fully saturated rings. The van der Waals surface area contributed by atoms with E-state index in [2.05, 4.69) is 44.9 Å². The van der Waals surface area contributed by atoms with E-state index in [1.165, 1.54) is 5.56 Å². The van der Waals surface area contributed by atoms with Crippen LogP contribution in [0.2, 0.25) is 0 Å². The molecule has 0 saturated heterocycles. The molecule has 0 unspecified atom stereocenters. The highest BCUT2D eigenvalue weighted by atomic mass is 16.5. The number of hydrogen-bond donors (Lipinski definition) is 2. The molecule has 0 aliphatic heterocycles. The molecule has 26 heavy (non-hydrogen) atoms. The third-order valence-corrected chi connectivity index (χ3v) is 3.80. The van der Waals surface area contributed by atoms with E-state index in [0.29, 0.717) is 25.6 Å². The van der Waals surface area contributed by atoms with E-state index >= 15 is 0 Å². The lowest BCUT2D eigenvalue weighted by atomic mass is 10.1. The average Bonchev–Trinajstić information content (AvgIpc) is 2.69. The minimum absolute atomic E-state index is 0.501. The summed E-state index contributed by atoms with van der Waals surface area (Å²) in [6.45, 7) is 2.58. The molecular weight excluding hydrogens is 328 g/mol. The topological polar surface area (TPSA) is 67.8 Å². The first-order valence-electron chi connectivity index (χ1n) is 8.87. The summed E-state index contributed by atoms with van der Waals surface area (Å²) in [5, 5.41) is 6.63. The van der Waals surface area contributed by atoms with Gasteiger partial charge in [0.05, 0.1) is 6.61 Å². The zero-order chi connectivity index (χ0) is 18.5. The predicted molar refractivity (Wildman–Crippen MR) is 105 cm³/mol. The van der Waals surface area contributed by atoms with Gasteiger partial charge in [-0.15, -0.1) is 0 Å². The zero-order valence-electron chi connectivity index (χ0n) is 15.6. The lowest BCUT2D eigenvalue weighted by Gasteiger charge is -2.12. The van der Waals surface area contributed by atoms with Crippen molar-refractivity contribution in [2.75, 3.05) is 33.9 Å². The summed E-state index contributed by atoms with van der Waals surface area (Å²) in [6.07, 6.45) is 3.91. The van der Waals surface area contributed by atoms with Crippen molar-refractivity contribution in [3.8, 4) is 5.88 Å². The van der Waals surface area contributed by atoms with Crippen LogP contribution >= 0.6 is 0 Å². The Hall–Kier alpha value is -2.60. The number of nitrogens with one attached hydrogen (secondary N) is 2. The Bertz CT molecular complexity index is 645. The maximum Gasteiger partial charge on any atom is 0.213 e. The molecule has 0 atom stereocenters. The minimum Gasteiger partial charge on any atom is -0.475 e. The number of aryl methyl sites for hydroxylation is 1. The molecule has 6 nitrogen and oxygen atoms in total. The van der Waals surface area contributed by atoms with Crippen LogP contribution in [0.1, 0.15) is 17.5 Å². The fourth-order valence-corrected chi connectivity index (χ4v) is 2.38. The maximum absolute atomic E-state index is 5.46. The van der Waals surface area contributed by atoms with Gasteiger partial charge in [-0.25, -0.2) is 4.98 Å². The number of nitrogens with zero attached hydrogens (tertiary/aromatic N) is 2. The van der Waals surface area contributed by atoms with Gasteiger partial charge in [0.15, 0.2) is 5.96 Å². The average molecular weight is 356 g/mol.